The van der Waals surface area contributed by atoms with Gasteiger partial charge < -0.3 is 10.2 Å². The number of rotatable bonds is 7. The first kappa shape index (κ1) is 13.1. The van der Waals surface area contributed by atoms with E-state index in [0.717, 1.165) is 19.0 Å². The van der Waals surface area contributed by atoms with Crippen molar-refractivity contribution in [3.8, 4) is 0 Å². The fourth-order valence-corrected chi connectivity index (χ4v) is 2.89. The van der Waals surface area contributed by atoms with E-state index in [1.165, 1.54) is 69.5 Å². The minimum atomic E-state index is 0.754. The number of piperidine rings is 1. The Kier molecular flexibility index (Phi) is 4.51. The summed E-state index contributed by atoms with van der Waals surface area (Å²) < 4.78 is 0. The number of aromatic amines is 1. The van der Waals surface area contributed by atoms with Crippen LogP contribution in [0.2, 0.25) is 0 Å². The molecule has 0 atom stereocenters. The lowest BCUT2D eigenvalue weighted by Crippen LogP contribution is -2.32. The van der Waals surface area contributed by atoms with Crippen LogP contribution in [0.3, 0.4) is 0 Å². The molecule has 2 aliphatic rings. The van der Waals surface area contributed by atoms with E-state index in [1.54, 1.807) is 0 Å². The zero-order valence-corrected chi connectivity index (χ0v) is 11.8. The lowest BCUT2D eigenvalue weighted by Gasteiger charge is -2.26. The summed E-state index contributed by atoms with van der Waals surface area (Å²) in [6.45, 7) is 5.91. The van der Waals surface area contributed by atoms with Crippen LogP contribution in [0, 0.1) is 0 Å². The number of nitrogens with one attached hydrogen (secondary N) is 2. The molecule has 4 nitrogen and oxygen atoms in total. The Balaban J connectivity index is 1.27. The minimum absolute atomic E-state index is 0.754. The van der Waals surface area contributed by atoms with Gasteiger partial charge in [-0.25, -0.2) is 0 Å². The van der Waals surface area contributed by atoms with Gasteiger partial charge in [0.25, 0.3) is 0 Å². The van der Waals surface area contributed by atoms with E-state index in [9.17, 15) is 0 Å². The summed E-state index contributed by atoms with van der Waals surface area (Å²) in [5.41, 5.74) is 2.50. The molecule has 2 N–H and O–H groups in total. The van der Waals surface area contributed by atoms with Crippen LogP contribution in [0.15, 0.2) is 6.07 Å². The predicted octanol–water partition coefficient (Wildman–Crippen LogP) is 2.25. The average molecular weight is 262 g/mol. The third kappa shape index (κ3) is 4.05. The predicted molar refractivity (Wildman–Crippen MR) is 77.2 cm³/mol. The van der Waals surface area contributed by atoms with Crippen LogP contribution < -0.4 is 5.32 Å². The first-order chi connectivity index (χ1) is 9.42. The molecule has 1 aliphatic heterocycles. The standard InChI is InChI=1S/C15H26N4/c1-2-8-19(9-3-1)10-4-7-16-12-14-11-15(18-17-14)13-5-6-13/h11,13,16H,1-10,12H2,(H,17,18). The maximum Gasteiger partial charge on any atom is 0.0656 e. The van der Waals surface area contributed by atoms with Crippen LogP contribution in [0.5, 0.6) is 0 Å². The highest BCUT2D eigenvalue weighted by Gasteiger charge is 2.25. The van der Waals surface area contributed by atoms with Crippen molar-refractivity contribution >= 4 is 0 Å². The van der Waals surface area contributed by atoms with Crippen molar-refractivity contribution in [2.45, 2.75) is 51.0 Å². The third-order valence-corrected chi connectivity index (χ3v) is 4.24. The summed E-state index contributed by atoms with van der Waals surface area (Å²) in [7, 11) is 0. The second-order valence-corrected chi connectivity index (χ2v) is 6.02. The molecule has 4 heteroatoms. The summed E-state index contributed by atoms with van der Waals surface area (Å²) in [4.78, 5) is 2.60. The lowest BCUT2D eigenvalue weighted by atomic mass is 10.1. The largest absolute Gasteiger partial charge is 0.311 e. The van der Waals surface area contributed by atoms with E-state index < -0.39 is 0 Å². The summed E-state index contributed by atoms with van der Waals surface area (Å²) in [5.74, 6) is 0.754. The van der Waals surface area contributed by atoms with E-state index in [2.05, 4.69) is 26.5 Å². The van der Waals surface area contributed by atoms with Gasteiger partial charge in [-0.15, -0.1) is 0 Å². The van der Waals surface area contributed by atoms with Gasteiger partial charge in [-0.1, -0.05) is 6.42 Å². The molecule has 19 heavy (non-hydrogen) atoms. The van der Waals surface area contributed by atoms with Gasteiger partial charge in [-0.05, 0) is 64.3 Å². The van der Waals surface area contributed by atoms with Gasteiger partial charge in [-0.3, -0.25) is 5.10 Å². The van der Waals surface area contributed by atoms with Gasteiger partial charge in [0.05, 0.1) is 5.69 Å². The third-order valence-electron chi connectivity index (χ3n) is 4.24. The van der Waals surface area contributed by atoms with E-state index in [0.29, 0.717) is 0 Å². The van der Waals surface area contributed by atoms with Crippen LogP contribution in [0.1, 0.15) is 55.8 Å². The van der Waals surface area contributed by atoms with Crippen molar-refractivity contribution in [2.24, 2.45) is 0 Å². The van der Waals surface area contributed by atoms with Gasteiger partial charge in [0.1, 0.15) is 0 Å². The van der Waals surface area contributed by atoms with Crippen molar-refractivity contribution in [1.29, 1.82) is 0 Å². The summed E-state index contributed by atoms with van der Waals surface area (Å²) in [6.07, 6.45) is 8.12. The van der Waals surface area contributed by atoms with Gasteiger partial charge in [0.15, 0.2) is 0 Å². The Morgan fingerprint density at radius 2 is 2.11 bits per heavy atom. The molecule has 2 heterocycles. The van der Waals surface area contributed by atoms with Crippen LogP contribution >= 0.6 is 0 Å². The smallest absolute Gasteiger partial charge is 0.0656 e. The number of nitrogens with zero attached hydrogens (tertiary/aromatic N) is 2. The minimum Gasteiger partial charge on any atom is -0.311 e. The van der Waals surface area contributed by atoms with Gasteiger partial charge in [0.2, 0.25) is 0 Å². The zero-order valence-electron chi connectivity index (χ0n) is 11.8. The van der Waals surface area contributed by atoms with E-state index in [-0.39, 0.29) is 0 Å². The zero-order chi connectivity index (χ0) is 12.9. The Morgan fingerprint density at radius 1 is 1.26 bits per heavy atom. The summed E-state index contributed by atoms with van der Waals surface area (Å²) in [5, 5.41) is 11.0. The van der Waals surface area contributed by atoms with Crippen molar-refractivity contribution in [3.05, 3.63) is 17.5 Å². The quantitative estimate of drug-likeness (QED) is 0.741. The molecule has 1 aromatic rings. The van der Waals surface area contributed by atoms with Crippen LogP contribution in [-0.2, 0) is 6.54 Å². The normalized spacial score (nSPS) is 20.8. The molecule has 0 radical (unpaired) electrons. The maximum atomic E-state index is 4.38. The number of hydrogen-bond donors (Lipinski definition) is 2. The number of hydrogen-bond acceptors (Lipinski definition) is 3. The number of aromatic nitrogens is 2. The maximum absolute atomic E-state index is 4.38. The van der Waals surface area contributed by atoms with Crippen molar-refractivity contribution < 1.29 is 0 Å². The number of likely N-dealkylation sites (tertiary alicyclic amines) is 1. The molecule has 1 aromatic heterocycles. The molecule has 106 valence electrons. The summed E-state index contributed by atoms with van der Waals surface area (Å²) >= 11 is 0. The molecule has 0 unspecified atom stereocenters. The first-order valence-electron chi connectivity index (χ1n) is 7.89. The molecule has 0 amide bonds. The highest BCUT2D eigenvalue weighted by atomic mass is 15.1. The Hall–Kier alpha value is -0.870. The molecule has 3 rings (SSSR count). The molecule has 2 fully saturated rings. The van der Waals surface area contributed by atoms with Crippen LogP contribution in [-0.4, -0.2) is 41.3 Å². The van der Waals surface area contributed by atoms with Gasteiger partial charge in [0, 0.05) is 18.2 Å². The number of H-pyrrole nitrogens is 1. The molecule has 1 aliphatic carbocycles. The van der Waals surface area contributed by atoms with E-state index in [4.69, 9.17) is 0 Å². The fraction of sp³-hybridized carbons (Fsp3) is 0.800. The second kappa shape index (κ2) is 6.53. The first-order valence-corrected chi connectivity index (χ1v) is 7.89. The fourth-order valence-electron chi connectivity index (χ4n) is 2.89. The Bertz CT molecular complexity index is 377. The average Bonchev–Trinajstić information content (AvgIpc) is 3.20. The molecule has 0 bridgehead atoms. The van der Waals surface area contributed by atoms with Gasteiger partial charge >= 0.3 is 0 Å². The monoisotopic (exact) mass is 262 g/mol. The van der Waals surface area contributed by atoms with Crippen LogP contribution in [0.4, 0.5) is 0 Å². The Morgan fingerprint density at radius 3 is 2.89 bits per heavy atom. The molecule has 1 saturated heterocycles. The van der Waals surface area contributed by atoms with Crippen molar-refractivity contribution in [3.63, 3.8) is 0 Å². The summed E-state index contributed by atoms with van der Waals surface area (Å²) in [6, 6.07) is 2.23. The highest BCUT2D eigenvalue weighted by Crippen LogP contribution is 2.38. The molecule has 0 aromatic carbocycles. The molecule has 0 spiro atoms. The topological polar surface area (TPSA) is 44.0 Å². The molecular formula is C15H26N4. The van der Waals surface area contributed by atoms with Crippen molar-refractivity contribution in [2.75, 3.05) is 26.2 Å². The molecular weight excluding hydrogens is 236 g/mol. The SMILES string of the molecule is c1c(C2CC2)n[nH]c1CNCCCN1CCCCC1. The highest BCUT2D eigenvalue weighted by molar-refractivity contribution is 5.17. The van der Waals surface area contributed by atoms with E-state index >= 15 is 0 Å². The molecule has 1 saturated carbocycles. The van der Waals surface area contributed by atoms with Crippen LogP contribution in [0.25, 0.3) is 0 Å². The van der Waals surface area contributed by atoms with Crippen molar-refractivity contribution in [1.82, 2.24) is 20.4 Å². The van der Waals surface area contributed by atoms with Gasteiger partial charge in [-0.2, -0.15) is 5.10 Å². The van der Waals surface area contributed by atoms with E-state index in [1.807, 2.05) is 0 Å². The lowest BCUT2D eigenvalue weighted by molar-refractivity contribution is 0.225. The Labute approximate surface area is 116 Å². The second-order valence-electron chi connectivity index (χ2n) is 6.02.